The Hall–Kier alpha value is -3.10. The molecule has 0 bridgehead atoms. The highest BCUT2D eigenvalue weighted by Crippen LogP contribution is 2.23. The van der Waals surface area contributed by atoms with Crippen molar-refractivity contribution in [1.29, 1.82) is 0 Å². The molecule has 3 aromatic rings. The molecule has 2 amide bonds. The monoisotopic (exact) mass is 319 g/mol. The first-order valence-corrected chi connectivity index (χ1v) is 6.87. The predicted octanol–water partition coefficient (Wildman–Crippen LogP) is 2.75. The SMILES string of the molecule is CC(C)c1cn[nH]c1NC(=O)Nc1cc2oc(=O)[nH]c2cc1F. The number of nitrogens with one attached hydrogen (secondary N) is 4. The second kappa shape index (κ2) is 5.59. The largest absolute Gasteiger partial charge is 0.417 e. The molecular formula is C14H14FN5O3. The maximum Gasteiger partial charge on any atom is 0.417 e. The van der Waals surface area contributed by atoms with Gasteiger partial charge in [0.15, 0.2) is 5.58 Å². The molecule has 0 saturated carbocycles. The number of H-pyrrole nitrogens is 2. The van der Waals surface area contributed by atoms with E-state index < -0.39 is 17.6 Å². The Bertz CT molecular complexity index is 924. The Labute approximate surface area is 129 Å². The zero-order valence-electron chi connectivity index (χ0n) is 12.4. The molecule has 3 rings (SSSR count). The Balaban J connectivity index is 1.81. The number of aromatic nitrogens is 3. The molecule has 4 N–H and O–H groups in total. The van der Waals surface area contributed by atoms with E-state index in [-0.39, 0.29) is 22.7 Å². The van der Waals surface area contributed by atoms with Crippen molar-refractivity contribution in [2.75, 3.05) is 10.6 Å². The molecule has 2 heterocycles. The van der Waals surface area contributed by atoms with Gasteiger partial charge in [-0.3, -0.25) is 15.4 Å². The van der Waals surface area contributed by atoms with Gasteiger partial charge < -0.3 is 9.73 Å². The minimum absolute atomic E-state index is 0.108. The summed E-state index contributed by atoms with van der Waals surface area (Å²) in [5.74, 6) is -0.795. The van der Waals surface area contributed by atoms with Gasteiger partial charge in [0.2, 0.25) is 0 Å². The van der Waals surface area contributed by atoms with Gasteiger partial charge in [0.25, 0.3) is 0 Å². The van der Waals surface area contributed by atoms with Crippen molar-refractivity contribution in [2.45, 2.75) is 19.8 Å². The van der Waals surface area contributed by atoms with Crippen LogP contribution in [0.25, 0.3) is 11.1 Å². The summed E-state index contributed by atoms with van der Waals surface area (Å²) in [7, 11) is 0. The summed E-state index contributed by atoms with van der Waals surface area (Å²) in [6.45, 7) is 3.91. The molecule has 0 aliphatic rings. The van der Waals surface area contributed by atoms with Crippen LogP contribution in [0.15, 0.2) is 27.5 Å². The first-order valence-electron chi connectivity index (χ1n) is 6.87. The minimum Gasteiger partial charge on any atom is -0.408 e. The molecule has 0 aliphatic carbocycles. The van der Waals surface area contributed by atoms with Crippen LogP contribution in [0.2, 0.25) is 0 Å². The fourth-order valence-electron chi connectivity index (χ4n) is 2.17. The standard InChI is InChI=1S/C14H14FN5O3/c1-6(2)7-5-16-20-12(7)19-13(21)17-9-4-11-10(3-8(9)15)18-14(22)23-11/h3-6H,1-2H3,(H,18,22)(H3,16,17,19,20,21). The fraction of sp³-hybridized carbons (Fsp3) is 0.214. The van der Waals surface area contributed by atoms with E-state index in [0.717, 1.165) is 11.6 Å². The van der Waals surface area contributed by atoms with E-state index in [1.807, 2.05) is 13.8 Å². The number of nitrogens with zero attached hydrogens (tertiary/aromatic N) is 1. The summed E-state index contributed by atoms with van der Waals surface area (Å²) in [4.78, 5) is 25.4. The lowest BCUT2D eigenvalue weighted by molar-refractivity contribution is 0.262. The lowest BCUT2D eigenvalue weighted by Gasteiger charge is -2.10. The first kappa shape index (κ1) is 14.8. The van der Waals surface area contributed by atoms with Crippen LogP contribution < -0.4 is 16.4 Å². The number of aromatic amines is 2. The number of fused-ring (bicyclic) bond motifs is 1. The molecule has 120 valence electrons. The van der Waals surface area contributed by atoms with Crippen LogP contribution >= 0.6 is 0 Å². The van der Waals surface area contributed by atoms with Gasteiger partial charge in [-0.05, 0) is 5.92 Å². The molecule has 0 radical (unpaired) electrons. The summed E-state index contributed by atoms with van der Waals surface area (Å²) in [6.07, 6.45) is 1.61. The van der Waals surface area contributed by atoms with Gasteiger partial charge in [-0.15, -0.1) is 0 Å². The van der Waals surface area contributed by atoms with Crippen LogP contribution in [0, 0.1) is 5.82 Å². The molecule has 0 aliphatic heterocycles. The average Bonchev–Trinajstić information content (AvgIpc) is 3.04. The Kier molecular flexibility index (Phi) is 3.61. The highest BCUT2D eigenvalue weighted by Gasteiger charge is 2.14. The number of anilines is 2. The summed E-state index contributed by atoms with van der Waals surface area (Å²) in [5, 5.41) is 11.5. The van der Waals surface area contributed by atoms with Crippen LogP contribution in [0.5, 0.6) is 0 Å². The number of halogens is 1. The Morgan fingerprint density at radius 2 is 2.13 bits per heavy atom. The maximum absolute atomic E-state index is 13.9. The number of oxazole rings is 1. The van der Waals surface area contributed by atoms with Crippen LogP contribution in [0.3, 0.4) is 0 Å². The van der Waals surface area contributed by atoms with Crippen molar-refractivity contribution in [2.24, 2.45) is 0 Å². The summed E-state index contributed by atoms with van der Waals surface area (Å²) < 4.78 is 18.8. The zero-order valence-corrected chi connectivity index (χ0v) is 12.4. The maximum atomic E-state index is 13.9. The van der Waals surface area contributed by atoms with Gasteiger partial charge in [0, 0.05) is 17.7 Å². The van der Waals surface area contributed by atoms with Crippen LogP contribution in [0.1, 0.15) is 25.3 Å². The van der Waals surface area contributed by atoms with Gasteiger partial charge in [0.05, 0.1) is 17.4 Å². The number of hydrogen-bond donors (Lipinski definition) is 4. The van der Waals surface area contributed by atoms with Crippen molar-refractivity contribution in [3.63, 3.8) is 0 Å². The molecule has 0 unspecified atom stereocenters. The second-order valence-electron chi connectivity index (χ2n) is 5.28. The van der Waals surface area contributed by atoms with Crippen LogP contribution in [-0.2, 0) is 0 Å². The molecule has 8 nitrogen and oxygen atoms in total. The van der Waals surface area contributed by atoms with Gasteiger partial charge in [-0.25, -0.2) is 14.0 Å². The van der Waals surface area contributed by atoms with E-state index in [2.05, 4.69) is 25.8 Å². The van der Waals surface area contributed by atoms with Crippen LogP contribution in [-0.4, -0.2) is 21.2 Å². The lowest BCUT2D eigenvalue weighted by atomic mass is 10.1. The van der Waals surface area contributed by atoms with Crippen molar-refractivity contribution in [1.82, 2.24) is 15.2 Å². The minimum atomic E-state index is -0.696. The van der Waals surface area contributed by atoms with Crippen molar-refractivity contribution >= 4 is 28.6 Å². The van der Waals surface area contributed by atoms with Gasteiger partial charge in [0.1, 0.15) is 11.6 Å². The third-order valence-corrected chi connectivity index (χ3v) is 3.29. The van der Waals surface area contributed by atoms with E-state index in [4.69, 9.17) is 4.42 Å². The summed E-state index contributed by atoms with van der Waals surface area (Å²) in [6, 6.07) is 1.66. The molecular weight excluding hydrogens is 305 g/mol. The highest BCUT2D eigenvalue weighted by molar-refractivity contribution is 6.00. The molecule has 9 heteroatoms. The molecule has 0 fully saturated rings. The lowest BCUT2D eigenvalue weighted by Crippen LogP contribution is -2.21. The van der Waals surface area contributed by atoms with E-state index in [1.54, 1.807) is 6.20 Å². The van der Waals surface area contributed by atoms with Crippen LogP contribution in [0.4, 0.5) is 20.7 Å². The molecule has 0 atom stereocenters. The topological polar surface area (TPSA) is 116 Å². The number of benzene rings is 1. The number of hydrogen-bond acceptors (Lipinski definition) is 4. The predicted molar refractivity (Wildman–Crippen MR) is 82.1 cm³/mol. The summed E-state index contributed by atoms with van der Waals surface area (Å²) >= 11 is 0. The van der Waals surface area contributed by atoms with Gasteiger partial charge in [-0.2, -0.15) is 5.10 Å². The molecule has 23 heavy (non-hydrogen) atoms. The third-order valence-electron chi connectivity index (χ3n) is 3.29. The van der Waals surface area contributed by atoms with E-state index in [1.165, 1.54) is 6.07 Å². The highest BCUT2D eigenvalue weighted by atomic mass is 19.1. The molecule has 1 aromatic carbocycles. The van der Waals surface area contributed by atoms with Gasteiger partial charge >= 0.3 is 11.8 Å². The quantitative estimate of drug-likeness (QED) is 0.594. The number of urea groups is 1. The Morgan fingerprint density at radius 1 is 1.35 bits per heavy atom. The van der Waals surface area contributed by atoms with Crippen molar-refractivity contribution in [3.8, 4) is 0 Å². The van der Waals surface area contributed by atoms with E-state index >= 15 is 0 Å². The normalized spacial score (nSPS) is 11.1. The number of amides is 2. The molecule has 0 spiro atoms. The zero-order chi connectivity index (χ0) is 16.6. The average molecular weight is 319 g/mol. The summed E-state index contributed by atoms with van der Waals surface area (Å²) in [5.41, 5.74) is 1.08. The Morgan fingerprint density at radius 3 is 2.87 bits per heavy atom. The number of carbonyl (C=O) groups is 1. The smallest absolute Gasteiger partial charge is 0.408 e. The molecule has 0 saturated heterocycles. The second-order valence-corrected chi connectivity index (χ2v) is 5.28. The van der Waals surface area contributed by atoms with Crippen molar-refractivity contribution in [3.05, 3.63) is 40.3 Å². The number of carbonyl (C=O) groups excluding carboxylic acids is 1. The first-order chi connectivity index (χ1) is 10.9. The van der Waals surface area contributed by atoms with Gasteiger partial charge in [-0.1, -0.05) is 13.8 Å². The van der Waals surface area contributed by atoms with E-state index in [0.29, 0.717) is 5.82 Å². The number of rotatable bonds is 3. The fourth-order valence-corrected chi connectivity index (χ4v) is 2.17. The third kappa shape index (κ3) is 2.93. The van der Waals surface area contributed by atoms with Crippen molar-refractivity contribution < 1.29 is 13.6 Å². The van der Waals surface area contributed by atoms with E-state index in [9.17, 15) is 14.0 Å². The molecule has 2 aromatic heterocycles.